The predicted molar refractivity (Wildman–Crippen MR) is 157 cm³/mol. The highest BCUT2D eigenvalue weighted by molar-refractivity contribution is 7.93. The SMILES string of the molecule is CN1C(=O)C2(CCC2)c2c1cnc1ccc(-c3cnc(OCCCN4CCOCC4)c(NS(=O)(=O)C4CC4)c3)cc21. The largest absolute Gasteiger partial charge is 0.476 e. The van der Waals surface area contributed by atoms with Gasteiger partial charge < -0.3 is 14.4 Å². The number of amides is 1. The first-order chi connectivity index (χ1) is 19.9. The van der Waals surface area contributed by atoms with Crippen molar-refractivity contribution in [2.75, 3.05) is 56.1 Å². The van der Waals surface area contributed by atoms with Crippen LogP contribution in [-0.4, -0.2) is 80.9 Å². The van der Waals surface area contributed by atoms with Crippen LogP contribution in [0.2, 0.25) is 0 Å². The highest BCUT2D eigenvalue weighted by Gasteiger charge is 2.54. The number of pyridine rings is 2. The lowest BCUT2D eigenvalue weighted by molar-refractivity contribution is -0.125. The van der Waals surface area contributed by atoms with Gasteiger partial charge in [0.05, 0.1) is 47.9 Å². The predicted octanol–water partition coefficient (Wildman–Crippen LogP) is 3.70. The Morgan fingerprint density at radius 3 is 2.63 bits per heavy atom. The van der Waals surface area contributed by atoms with Gasteiger partial charge in [-0.25, -0.2) is 13.4 Å². The Labute approximate surface area is 240 Å². The lowest BCUT2D eigenvalue weighted by Gasteiger charge is -2.37. The van der Waals surface area contributed by atoms with E-state index in [0.29, 0.717) is 25.1 Å². The first kappa shape index (κ1) is 26.6. The van der Waals surface area contributed by atoms with Gasteiger partial charge in [-0.2, -0.15) is 0 Å². The molecule has 1 saturated heterocycles. The maximum Gasteiger partial charge on any atom is 0.238 e. The Morgan fingerprint density at radius 2 is 1.90 bits per heavy atom. The molecule has 2 saturated carbocycles. The summed E-state index contributed by atoms with van der Waals surface area (Å²) in [6.07, 6.45) is 8.38. The van der Waals surface area contributed by atoms with E-state index in [4.69, 9.17) is 9.47 Å². The topological polar surface area (TPSA) is 114 Å². The quantitative estimate of drug-likeness (QED) is 0.383. The fourth-order valence-corrected chi connectivity index (χ4v) is 7.72. The van der Waals surface area contributed by atoms with Crippen LogP contribution in [0, 0.1) is 0 Å². The fraction of sp³-hybridized carbons (Fsp3) is 0.500. The second kappa shape index (κ2) is 10.2. The van der Waals surface area contributed by atoms with Gasteiger partial charge in [-0.1, -0.05) is 12.5 Å². The summed E-state index contributed by atoms with van der Waals surface area (Å²) in [5.74, 6) is 0.427. The molecule has 0 unspecified atom stereocenters. The molecule has 1 spiro atoms. The standard InChI is InChI=1S/C30H35N5O5S/c1-34-26-19-31-24-7-4-20(16-23(24)27(26)30(29(34)36)8-2-9-30)21-17-25(33-41(37,38)22-5-6-22)28(32-18-21)40-13-3-10-35-11-14-39-15-12-35/h4,7,16-19,22,33H,2-3,5-6,8-15H2,1H3. The van der Waals surface area contributed by atoms with E-state index >= 15 is 0 Å². The number of carbonyl (C=O) groups excluding carboxylic acids is 1. The van der Waals surface area contributed by atoms with Crippen molar-refractivity contribution in [3.05, 3.63) is 42.2 Å². The maximum absolute atomic E-state index is 13.2. The van der Waals surface area contributed by atoms with Gasteiger partial charge in [-0.05, 0) is 55.9 Å². The molecule has 2 aliphatic carbocycles. The van der Waals surface area contributed by atoms with Gasteiger partial charge >= 0.3 is 0 Å². The minimum Gasteiger partial charge on any atom is -0.476 e. The molecule has 11 heteroatoms. The van der Waals surface area contributed by atoms with Crippen molar-refractivity contribution in [1.29, 1.82) is 0 Å². The van der Waals surface area contributed by atoms with Crippen LogP contribution in [0.15, 0.2) is 36.7 Å². The molecule has 3 aromatic rings. The first-order valence-corrected chi connectivity index (χ1v) is 16.1. The number of aromatic nitrogens is 2. The third kappa shape index (κ3) is 4.73. The zero-order valence-corrected chi connectivity index (χ0v) is 24.1. The summed E-state index contributed by atoms with van der Waals surface area (Å²) in [6, 6.07) is 7.80. The number of carbonyl (C=O) groups is 1. The molecule has 4 heterocycles. The molecule has 1 N–H and O–H groups in total. The fourth-order valence-electron chi connectivity index (χ4n) is 6.35. The van der Waals surface area contributed by atoms with Gasteiger partial charge in [-0.3, -0.25) is 19.4 Å². The Bertz CT molecular complexity index is 1610. The summed E-state index contributed by atoms with van der Waals surface area (Å²) >= 11 is 0. The van der Waals surface area contributed by atoms with Crippen molar-refractivity contribution in [2.24, 2.45) is 0 Å². The second-order valence-corrected chi connectivity index (χ2v) is 13.6. The molecule has 0 radical (unpaired) electrons. The van der Waals surface area contributed by atoms with Crippen molar-refractivity contribution < 1.29 is 22.7 Å². The van der Waals surface area contributed by atoms with Crippen LogP contribution in [0.25, 0.3) is 22.0 Å². The number of anilines is 2. The van der Waals surface area contributed by atoms with E-state index in [1.165, 1.54) is 0 Å². The monoisotopic (exact) mass is 577 g/mol. The molecule has 2 aromatic heterocycles. The van der Waals surface area contributed by atoms with Gasteiger partial charge in [0.1, 0.15) is 5.69 Å². The summed E-state index contributed by atoms with van der Waals surface area (Å²) in [5, 5.41) is 0.587. The number of rotatable bonds is 9. The van der Waals surface area contributed by atoms with E-state index in [-0.39, 0.29) is 17.0 Å². The minimum absolute atomic E-state index is 0.145. The smallest absolute Gasteiger partial charge is 0.238 e. The highest BCUT2D eigenvalue weighted by Crippen LogP contribution is 2.55. The molecule has 4 aliphatic rings. The maximum atomic E-state index is 13.2. The number of ether oxygens (including phenoxy) is 2. The zero-order chi connectivity index (χ0) is 28.2. The summed E-state index contributed by atoms with van der Waals surface area (Å²) in [6.45, 7) is 4.64. The number of likely N-dealkylation sites (N-methyl/N-ethyl adjacent to an activating group) is 1. The van der Waals surface area contributed by atoms with Crippen LogP contribution in [-0.2, 0) is 25.0 Å². The zero-order valence-electron chi connectivity index (χ0n) is 23.3. The van der Waals surface area contributed by atoms with Crippen LogP contribution in [0.3, 0.4) is 0 Å². The molecule has 0 atom stereocenters. The van der Waals surface area contributed by atoms with Crippen LogP contribution in [0.5, 0.6) is 5.88 Å². The second-order valence-electron chi connectivity index (χ2n) is 11.6. The van der Waals surface area contributed by atoms with Gasteiger partial charge in [0.25, 0.3) is 0 Å². The van der Waals surface area contributed by atoms with Crippen molar-refractivity contribution in [1.82, 2.24) is 14.9 Å². The lowest BCUT2D eigenvalue weighted by Crippen LogP contribution is -2.43. The van der Waals surface area contributed by atoms with Crippen LogP contribution in [0.4, 0.5) is 11.4 Å². The number of hydrogen-bond acceptors (Lipinski definition) is 8. The number of nitrogens with one attached hydrogen (secondary N) is 1. The molecular formula is C30H35N5O5S. The number of hydrogen-bond donors (Lipinski definition) is 1. The molecule has 3 fully saturated rings. The average Bonchev–Trinajstić information content (AvgIpc) is 3.79. The van der Waals surface area contributed by atoms with Gasteiger partial charge in [0.2, 0.25) is 21.8 Å². The summed E-state index contributed by atoms with van der Waals surface area (Å²) in [5.41, 5.74) is 4.29. The van der Waals surface area contributed by atoms with Crippen LogP contribution in [0.1, 0.15) is 44.1 Å². The molecular weight excluding hydrogens is 542 g/mol. The highest BCUT2D eigenvalue weighted by atomic mass is 32.2. The third-order valence-corrected chi connectivity index (χ3v) is 10.8. The number of nitrogens with zero attached hydrogens (tertiary/aromatic N) is 4. The van der Waals surface area contributed by atoms with E-state index in [1.54, 1.807) is 23.4 Å². The Kier molecular flexibility index (Phi) is 6.63. The number of sulfonamides is 1. The molecule has 0 bridgehead atoms. The number of benzene rings is 1. The van der Waals surface area contributed by atoms with E-state index in [1.807, 2.05) is 19.2 Å². The van der Waals surface area contributed by atoms with Crippen molar-refractivity contribution in [3.63, 3.8) is 0 Å². The molecule has 1 amide bonds. The third-order valence-electron chi connectivity index (χ3n) is 8.97. The number of fused-ring (bicyclic) bond motifs is 4. The first-order valence-electron chi connectivity index (χ1n) is 14.5. The molecule has 1 aromatic carbocycles. The van der Waals surface area contributed by atoms with Crippen LogP contribution >= 0.6 is 0 Å². The van der Waals surface area contributed by atoms with E-state index < -0.39 is 15.4 Å². The number of morpholine rings is 1. The summed E-state index contributed by atoms with van der Waals surface area (Å²) < 4.78 is 40.0. The lowest BCUT2D eigenvalue weighted by atomic mass is 9.64. The van der Waals surface area contributed by atoms with E-state index in [9.17, 15) is 13.2 Å². The molecule has 41 heavy (non-hydrogen) atoms. The van der Waals surface area contributed by atoms with Crippen LogP contribution < -0.4 is 14.4 Å². The van der Waals surface area contributed by atoms with E-state index in [0.717, 1.165) is 91.8 Å². The summed E-state index contributed by atoms with van der Waals surface area (Å²) in [4.78, 5) is 26.5. The normalized spacial score (nSPS) is 20.3. The van der Waals surface area contributed by atoms with Crippen molar-refractivity contribution >= 4 is 38.2 Å². The molecule has 10 nitrogen and oxygen atoms in total. The molecule has 2 aliphatic heterocycles. The van der Waals surface area contributed by atoms with Crippen molar-refractivity contribution in [2.45, 2.75) is 49.2 Å². The molecule has 216 valence electrons. The Hall–Kier alpha value is -3.28. The van der Waals surface area contributed by atoms with Gasteiger partial charge in [0, 0.05) is 49.4 Å². The van der Waals surface area contributed by atoms with E-state index in [2.05, 4.69) is 25.7 Å². The average molecular weight is 578 g/mol. The van der Waals surface area contributed by atoms with Crippen molar-refractivity contribution in [3.8, 4) is 17.0 Å². The van der Waals surface area contributed by atoms with Gasteiger partial charge in [-0.15, -0.1) is 0 Å². The minimum atomic E-state index is -3.52. The summed E-state index contributed by atoms with van der Waals surface area (Å²) in [7, 11) is -1.69. The molecule has 7 rings (SSSR count). The Morgan fingerprint density at radius 1 is 1.10 bits per heavy atom. The Balaban J connectivity index is 1.20. The van der Waals surface area contributed by atoms with Gasteiger partial charge in [0.15, 0.2) is 0 Å².